The van der Waals surface area contributed by atoms with Crippen LogP contribution in [-0.2, 0) is 4.74 Å². The molecular formula is C21H22ClFN6O2. The Bertz CT molecular complexity index is 1030. The fourth-order valence-electron chi connectivity index (χ4n) is 3.79. The standard InChI is InChI=1S/C21H22ClFN6O2/c1-14-12-28(9-10-31-14)19(20-16(22)6-4-7-17(20)23)11-24-21(30)15-5-2-3-8-18(15)29-13-25-26-27-29/h2-8,13-14,19H,9-12H2,1H3,(H,24,30). The number of halogens is 2. The van der Waals surface area contributed by atoms with E-state index in [0.717, 1.165) is 0 Å². The van der Waals surface area contributed by atoms with Gasteiger partial charge in [-0.05, 0) is 41.6 Å². The van der Waals surface area contributed by atoms with Gasteiger partial charge in [-0.3, -0.25) is 9.69 Å². The number of amides is 1. The normalized spacial score (nSPS) is 18.0. The molecule has 1 saturated heterocycles. The Kier molecular flexibility index (Phi) is 6.55. The van der Waals surface area contributed by atoms with Gasteiger partial charge in [0.15, 0.2) is 0 Å². The second-order valence-electron chi connectivity index (χ2n) is 7.31. The molecule has 3 aromatic rings. The molecule has 162 valence electrons. The zero-order valence-corrected chi connectivity index (χ0v) is 17.7. The number of tetrazole rings is 1. The number of nitrogens with one attached hydrogen (secondary N) is 1. The van der Waals surface area contributed by atoms with Gasteiger partial charge < -0.3 is 10.1 Å². The summed E-state index contributed by atoms with van der Waals surface area (Å²) in [5.74, 6) is -0.718. The lowest BCUT2D eigenvalue weighted by Crippen LogP contribution is -2.47. The van der Waals surface area contributed by atoms with E-state index in [1.165, 1.54) is 17.1 Å². The number of nitrogens with zero attached hydrogens (tertiary/aromatic N) is 5. The number of rotatable bonds is 6. The van der Waals surface area contributed by atoms with Crippen molar-refractivity contribution in [1.29, 1.82) is 0 Å². The summed E-state index contributed by atoms with van der Waals surface area (Å²) in [6.07, 6.45) is 1.42. The zero-order chi connectivity index (χ0) is 21.8. The first kappa shape index (κ1) is 21.4. The summed E-state index contributed by atoms with van der Waals surface area (Å²) in [6, 6.07) is 11.2. The fraction of sp³-hybridized carbons (Fsp3) is 0.333. The number of carbonyl (C=O) groups excluding carboxylic acids is 1. The molecule has 0 spiro atoms. The molecule has 0 bridgehead atoms. The molecule has 2 atom stereocenters. The monoisotopic (exact) mass is 444 g/mol. The number of ether oxygens (including phenoxy) is 1. The molecule has 2 heterocycles. The van der Waals surface area contributed by atoms with Gasteiger partial charge in [-0.15, -0.1) is 5.10 Å². The Morgan fingerprint density at radius 3 is 2.90 bits per heavy atom. The maximum atomic E-state index is 14.8. The molecule has 1 N–H and O–H groups in total. The first-order chi connectivity index (χ1) is 15.0. The second kappa shape index (κ2) is 9.51. The van der Waals surface area contributed by atoms with Crippen LogP contribution in [0.4, 0.5) is 4.39 Å². The van der Waals surface area contributed by atoms with Gasteiger partial charge in [0, 0.05) is 30.2 Å². The molecule has 1 aliphatic rings. The van der Waals surface area contributed by atoms with Gasteiger partial charge in [0.2, 0.25) is 0 Å². The molecule has 1 aromatic heterocycles. The van der Waals surface area contributed by atoms with E-state index < -0.39 is 11.9 Å². The topological polar surface area (TPSA) is 85.2 Å². The highest BCUT2D eigenvalue weighted by atomic mass is 35.5. The molecule has 10 heteroatoms. The van der Waals surface area contributed by atoms with E-state index in [4.69, 9.17) is 16.3 Å². The minimum absolute atomic E-state index is 0.00181. The van der Waals surface area contributed by atoms with Crippen LogP contribution in [0.25, 0.3) is 5.69 Å². The molecule has 2 unspecified atom stereocenters. The van der Waals surface area contributed by atoms with Crippen molar-refractivity contribution in [3.63, 3.8) is 0 Å². The molecule has 0 saturated carbocycles. The van der Waals surface area contributed by atoms with Gasteiger partial charge in [0.25, 0.3) is 5.91 Å². The lowest BCUT2D eigenvalue weighted by Gasteiger charge is -2.38. The Hall–Kier alpha value is -2.88. The number of hydrogen-bond acceptors (Lipinski definition) is 6. The third-order valence-corrected chi connectivity index (χ3v) is 5.58. The van der Waals surface area contributed by atoms with Crippen molar-refractivity contribution in [2.75, 3.05) is 26.2 Å². The van der Waals surface area contributed by atoms with E-state index in [2.05, 4.69) is 25.7 Å². The quantitative estimate of drug-likeness (QED) is 0.629. The highest BCUT2D eigenvalue weighted by Crippen LogP contribution is 2.31. The van der Waals surface area contributed by atoms with Crippen LogP contribution in [0.3, 0.4) is 0 Å². The van der Waals surface area contributed by atoms with Crippen LogP contribution in [0.15, 0.2) is 48.8 Å². The Balaban J connectivity index is 1.59. The van der Waals surface area contributed by atoms with E-state index in [-0.39, 0.29) is 18.6 Å². The van der Waals surface area contributed by atoms with Crippen LogP contribution in [0.1, 0.15) is 28.9 Å². The van der Waals surface area contributed by atoms with Crippen LogP contribution < -0.4 is 5.32 Å². The summed E-state index contributed by atoms with van der Waals surface area (Å²) in [6.45, 7) is 3.88. The third-order valence-electron chi connectivity index (χ3n) is 5.25. The summed E-state index contributed by atoms with van der Waals surface area (Å²) in [7, 11) is 0. The van der Waals surface area contributed by atoms with Crippen LogP contribution in [0.2, 0.25) is 5.02 Å². The van der Waals surface area contributed by atoms with Crippen molar-refractivity contribution < 1.29 is 13.9 Å². The van der Waals surface area contributed by atoms with E-state index >= 15 is 0 Å². The third kappa shape index (κ3) is 4.73. The molecule has 0 radical (unpaired) electrons. The van der Waals surface area contributed by atoms with E-state index in [1.54, 1.807) is 36.4 Å². The van der Waals surface area contributed by atoms with Gasteiger partial charge in [-0.25, -0.2) is 4.39 Å². The Labute approximate surface area is 183 Å². The van der Waals surface area contributed by atoms with Crippen LogP contribution in [0, 0.1) is 5.82 Å². The number of aromatic nitrogens is 4. The second-order valence-corrected chi connectivity index (χ2v) is 7.72. The van der Waals surface area contributed by atoms with E-state index in [0.29, 0.717) is 41.5 Å². The maximum absolute atomic E-state index is 14.8. The number of morpholine rings is 1. The van der Waals surface area contributed by atoms with E-state index in [1.807, 2.05) is 6.92 Å². The molecule has 8 nitrogen and oxygen atoms in total. The molecule has 2 aromatic carbocycles. The van der Waals surface area contributed by atoms with Gasteiger partial charge >= 0.3 is 0 Å². The first-order valence-corrected chi connectivity index (χ1v) is 10.3. The average molecular weight is 445 g/mol. The Morgan fingerprint density at radius 2 is 2.16 bits per heavy atom. The highest BCUT2D eigenvalue weighted by molar-refractivity contribution is 6.31. The Morgan fingerprint density at radius 1 is 1.32 bits per heavy atom. The zero-order valence-electron chi connectivity index (χ0n) is 16.9. The summed E-state index contributed by atoms with van der Waals surface area (Å²) in [5, 5.41) is 14.4. The first-order valence-electron chi connectivity index (χ1n) is 9.94. The van der Waals surface area contributed by atoms with Crippen LogP contribution in [0.5, 0.6) is 0 Å². The lowest BCUT2D eigenvalue weighted by atomic mass is 10.0. The van der Waals surface area contributed by atoms with Crippen molar-refractivity contribution in [2.24, 2.45) is 0 Å². The summed E-state index contributed by atoms with van der Waals surface area (Å²) in [5.41, 5.74) is 1.32. The summed E-state index contributed by atoms with van der Waals surface area (Å²) < 4.78 is 21.8. The smallest absolute Gasteiger partial charge is 0.253 e. The van der Waals surface area contributed by atoms with Crippen molar-refractivity contribution in [3.8, 4) is 5.69 Å². The fourth-order valence-corrected chi connectivity index (χ4v) is 4.08. The molecule has 31 heavy (non-hydrogen) atoms. The highest BCUT2D eigenvalue weighted by Gasteiger charge is 2.30. The lowest BCUT2D eigenvalue weighted by molar-refractivity contribution is -0.0346. The minimum atomic E-state index is -0.441. The number of carbonyl (C=O) groups is 1. The number of hydrogen-bond donors (Lipinski definition) is 1. The molecule has 1 aliphatic heterocycles. The van der Waals surface area contributed by atoms with Gasteiger partial charge in [-0.1, -0.05) is 29.8 Å². The van der Waals surface area contributed by atoms with Crippen LogP contribution >= 0.6 is 11.6 Å². The molecular weight excluding hydrogens is 423 g/mol. The van der Waals surface area contributed by atoms with Crippen LogP contribution in [-0.4, -0.2) is 63.4 Å². The van der Waals surface area contributed by atoms with Crippen molar-refractivity contribution >= 4 is 17.5 Å². The van der Waals surface area contributed by atoms with Crippen molar-refractivity contribution in [1.82, 2.24) is 30.4 Å². The van der Waals surface area contributed by atoms with E-state index in [9.17, 15) is 9.18 Å². The predicted molar refractivity (Wildman–Crippen MR) is 113 cm³/mol. The molecule has 1 amide bonds. The largest absolute Gasteiger partial charge is 0.376 e. The molecule has 4 rings (SSSR count). The van der Waals surface area contributed by atoms with Gasteiger partial charge in [0.05, 0.1) is 30.0 Å². The molecule has 0 aliphatic carbocycles. The maximum Gasteiger partial charge on any atom is 0.253 e. The van der Waals surface area contributed by atoms with Crippen molar-refractivity contribution in [3.05, 3.63) is 70.8 Å². The SMILES string of the molecule is CC1CN(C(CNC(=O)c2ccccc2-n2cnnn2)c2c(F)cccc2Cl)CCO1. The average Bonchev–Trinajstić information content (AvgIpc) is 3.30. The number of para-hydroxylation sites is 1. The van der Waals surface area contributed by atoms with Crippen molar-refractivity contribution in [2.45, 2.75) is 19.1 Å². The predicted octanol–water partition coefficient (Wildman–Crippen LogP) is 2.65. The summed E-state index contributed by atoms with van der Waals surface area (Å²) >= 11 is 6.37. The van der Waals surface area contributed by atoms with Gasteiger partial charge in [0.1, 0.15) is 12.1 Å². The van der Waals surface area contributed by atoms with Gasteiger partial charge in [-0.2, -0.15) is 4.68 Å². The minimum Gasteiger partial charge on any atom is -0.376 e. The number of benzene rings is 2. The summed E-state index contributed by atoms with van der Waals surface area (Å²) in [4.78, 5) is 15.1. The molecule has 1 fully saturated rings.